The zero-order valence-electron chi connectivity index (χ0n) is 51.3. The molecule has 0 fully saturated rings. The number of carbonyl (C=O) groups is 5. The van der Waals surface area contributed by atoms with Crippen LogP contribution in [0, 0.1) is 0 Å². The number of aliphatic hydroxyl groups is 2. The van der Waals surface area contributed by atoms with Crippen molar-refractivity contribution in [2.24, 2.45) is 0 Å². The lowest BCUT2D eigenvalue weighted by molar-refractivity contribution is -0.130. The Hall–Kier alpha value is -2.39. The summed E-state index contributed by atoms with van der Waals surface area (Å²) in [6.45, 7) is 6.24. The van der Waals surface area contributed by atoms with Gasteiger partial charge in [-0.15, -0.1) is 0 Å². The maximum Gasteiger partial charge on any atom is 0.472 e. The van der Waals surface area contributed by atoms with Crippen molar-refractivity contribution in [3.05, 3.63) is 0 Å². The first-order chi connectivity index (χ1) is 39.4. The van der Waals surface area contributed by atoms with E-state index in [9.17, 15) is 53.1 Å². The van der Waals surface area contributed by atoms with Crippen molar-refractivity contribution in [1.29, 1.82) is 0 Å². The fourth-order valence-corrected chi connectivity index (χ4v) is 10.5. The van der Waals surface area contributed by atoms with Crippen LogP contribution in [-0.2, 0) is 55.9 Å². The predicted molar refractivity (Wildman–Crippen MR) is 321 cm³/mol. The summed E-state index contributed by atoms with van der Waals surface area (Å²) >= 11 is 0. The molecule has 6 atom stereocenters. The quantitative estimate of drug-likeness (QED) is 0.0159. The number of aliphatic hydroxyl groups excluding tert-OH is 2. The number of hydrogen-bond donors (Lipinski definition) is 8. The third-order valence-corrected chi connectivity index (χ3v) is 15.8. The highest BCUT2D eigenvalue weighted by molar-refractivity contribution is 7.47. The Morgan fingerprint density at radius 2 is 0.695 bits per heavy atom. The number of rotatable bonds is 62. The number of ketones is 2. The van der Waals surface area contributed by atoms with Crippen molar-refractivity contribution >= 4 is 45.1 Å². The van der Waals surface area contributed by atoms with Crippen molar-refractivity contribution < 1.29 is 80.7 Å². The molecule has 21 nitrogen and oxygen atoms in total. The zero-order chi connectivity index (χ0) is 60.8. The highest BCUT2D eigenvalue weighted by atomic mass is 31.2. The van der Waals surface area contributed by atoms with Crippen LogP contribution in [0.3, 0.4) is 0 Å². The van der Waals surface area contributed by atoms with Crippen LogP contribution in [0.1, 0.15) is 259 Å². The lowest BCUT2D eigenvalue weighted by Crippen LogP contribution is -2.42. The first kappa shape index (κ1) is 79.6. The van der Waals surface area contributed by atoms with Gasteiger partial charge in [-0.1, -0.05) is 195 Å². The number of urea groups is 1. The molecule has 0 aromatic heterocycles. The Kier molecular flexibility index (Phi) is 53.6. The number of phosphoric ester groups is 2. The number of ether oxygens (including phenoxy) is 2. The molecule has 0 radical (unpaired) electrons. The van der Waals surface area contributed by atoms with Gasteiger partial charge in [0.1, 0.15) is 11.6 Å². The van der Waals surface area contributed by atoms with E-state index in [1.54, 1.807) is 0 Å². The Morgan fingerprint density at radius 3 is 1.02 bits per heavy atom. The third kappa shape index (κ3) is 54.3. The van der Waals surface area contributed by atoms with Gasteiger partial charge in [-0.3, -0.25) is 37.3 Å². The first-order valence-corrected chi connectivity index (χ1v) is 34.8. The lowest BCUT2D eigenvalue weighted by Gasteiger charge is -2.21. The summed E-state index contributed by atoms with van der Waals surface area (Å²) in [5.41, 5.74) is 0. The molecule has 0 aliphatic rings. The van der Waals surface area contributed by atoms with E-state index in [1.807, 2.05) is 0 Å². The summed E-state index contributed by atoms with van der Waals surface area (Å²) in [6, 6.07) is -2.63. The van der Waals surface area contributed by atoms with Gasteiger partial charge in [-0.25, -0.2) is 13.9 Å². The highest BCUT2D eigenvalue weighted by Gasteiger charge is 2.27. The molecule has 0 rings (SSSR count). The van der Waals surface area contributed by atoms with Crippen LogP contribution in [0.15, 0.2) is 0 Å². The van der Waals surface area contributed by atoms with Gasteiger partial charge < -0.3 is 50.7 Å². The van der Waals surface area contributed by atoms with Crippen molar-refractivity contribution in [1.82, 2.24) is 21.3 Å². The van der Waals surface area contributed by atoms with Gasteiger partial charge in [0.2, 0.25) is 11.8 Å². The van der Waals surface area contributed by atoms with Crippen LogP contribution in [0.4, 0.5) is 4.79 Å². The fourth-order valence-electron chi connectivity index (χ4n) is 8.92. The van der Waals surface area contributed by atoms with Gasteiger partial charge in [-0.05, 0) is 38.5 Å². The minimum absolute atomic E-state index is 0.132. The maximum atomic E-state index is 12.9. The molecule has 4 amide bonds. The van der Waals surface area contributed by atoms with E-state index in [4.69, 9.17) is 27.6 Å². The molecule has 0 aliphatic heterocycles. The summed E-state index contributed by atoms with van der Waals surface area (Å²) in [5.74, 6) is -1.60. The second-order valence-electron chi connectivity index (χ2n) is 21.9. The summed E-state index contributed by atoms with van der Waals surface area (Å²) < 4.78 is 57.4. The molecule has 0 heterocycles. The molecule has 23 heteroatoms. The summed E-state index contributed by atoms with van der Waals surface area (Å²) in [4.78, 5) is 84.3. The first-order valence-electron chi connectivity index (χ1n) is 31.8. The summed E-state index contributed by atoms with van der Waals surface area (Å²) in [7, 11) is -9.45. The average Bonchev–Trinajstić information content (AvgIpc) is 3.47. The number of nitrogens with one attached hydrogen (secondary N) is 4. The monoisotopic (exact) mass is 1210 g/mol. The van der Waals surface area contributed by atoms with Crippen LogP contribution >= 0.6 is 15.6 Å². The molecule has 8 N–H and O–H groups in total. The Bertz CT molecular complexity index is 1570. The van der Waals surface area contributed by atoms with Gasteiger partial charge in [0.25, 0.3) is 0 Å². The Balaban J connectivity index is 5.03. The number of carbonyl (C=O) groups excluding carboxylic acids is 5. The summed E-state index contributed by atoms with van der Waals surface area (Å²) in [5, 5.41) is 30.9. The third-order valence-electron chi connectivity index (χ3n) is 13.8. The molecule has 0 spiro atoms. The molecule has 0 bridgehead atoms. The molecule has 0 aromatic carbocycles. The van der Waals surface area contributed by atoms with Crippen LogP contribution in [0.2, 0.25) is 0 Å². The van der Waals surface area contributed by atoms with E-state index in [2.05, 4.69) is 49.0 Å². The van der Waals surface area contributed by atoms with Crippen molar-refractivity contribution in [2.75, 3.05) is 65.9 Å². The molecule has 0 aliphatic carbocycles. The topological polar surface area (TPSA) is 304 Å². The van der Waals surface area contributed by atoms with E-state index in [0.29, 0.717) is 38.5 Å². The molecule has 82 heavy (non-hydrogen) atoms. The normalized spacial score (nSPS) is 14.5. The van der Waals surface area contributed by atoms with Gasteiger partial charge in [0.05, 0.1) is 76.8 Å². The predicted octanol–water partition coefficient (Wildman–Crippen LogP) is 11.5. The summed E-state index contributed by atoms with van der Waals surface area (Å²) in [6.07, 6.45) is 31.1. The van der Waals surface area contributed by atoms with E-state index < -0.39 is 84.2 Å². The molecule has 484 valence electrons. The Morgan fingerprint density at radius 1 is 0.390 bits per heavy atom. The number of unbranched alkanes of at least 4 members (excludes halogenated alkanes) is 24. The number of phosphoric acid groups is 2. The van der Waals surface area contributed by atoms with Crippen LogP contribution < -0.4 is 21.3 Å². The van der Waals surface area contributed by atoms with Crippen molar-refractivity contribution in [3.63, 3.8) is 0 Å². The number of amides is 4. The van der Waals surface area contributed by atoms with E-state index in [1.165, 1.54) is 64.2 Å². The van der Waals surface area contributed by atoms with Crippen LogP contribution in [0.5, 0.6) is 0 Å². The van der Waals surface area contributed by atoms with Gasteiger partial charge in [0.15, 0.2) is 0 Å². The fraction of sp³-hybridized carbons (Fsp3) is 0.915. The second kappa shape index (κ2) is 55.2. The van der Waals surface area contributed by atoms with E-state index in [0.717, 1.165) is 103 Å². The van der Waals surface area contributed by atoms with Crippen molar-refractivity contribution in [3.8, 4) is 0 Å². The Labute approximate surface area is 494 Å². The van der Waals surface area contributed by atoms with Gasteiger partial charge in [-0.2, -0.15) is 0 Å². The molecule has 6 unspecified atom stereocenters. The standard InChI is InChI=1S/C59H116N4O17P2/c1-5-9-13-17-19-21-23-27-31-35-55(66)45-57(68)62-51(47-75-41-37-53(64)33-29-25-15-11-7-3)49-79-81(71,72)77-43-39-60-59(70)61-40-44-78-82(73,74)80-50-52(48-76-42-38-54(65)34-30-26-16-12-8-4)63-58(69)46-56(67)36-32-28-24-22-20-18-14-10-6-2/h51-54,64-65H,5-50H2,1-4H3,(H,62,68)(H,63,69)(H,71,72)(H,73,74)(H2,60,61,70). The van der Waals surface area contributed by atoms with E-state index >= 15 is 0 Å². The highest BCUT2D eigenvalue weighted by Crippen LogP contribution is 2.43. The van der Waals surface area contributed by atoms with Crippen molar-refractivity contribution in [2.45, 2.75) is 283 Å². The SMILES string of the molecule is CCCCCCCCCCCC(=O)CC(=O)NC(COCCC(O)CCCCCCC)COP(=O)(O)OCCNC(=O)NCCOP(=O)(O)OCC(COCCC(O)CCCCCCC)NC(=O)CC(=O)CCCCCCCCCCC. The molecule has 0 saturated heterocycles. The number of Topliss-reactive ketones (excluding diaryl/α,β-unsaturated/α-hetero) is 2. The second-order valence-corrected chi connectivity index (χ2v) is 24.8. The van der Waals surface area contributed by atoms with Crippen LogP contribution in [0.25, 0.3) is 0 Å². The molecular formula is C59H116N4O17P2. The van der Waals surface area contributed by atoms with Gasteiger partial charge >= 0.3 is 21.7 Å². The zero-order valence-corrected chi connectivity index (χ0v) is 53.1. The molecule has 0 saturated carbocycles. The lowest BCUT2D eigenvalue weighted by atomic mass is 10.0. The number of hydrogen-bond acceptors (Lipinski definition) is 15. The molecular weight excluding hydrogens is 1100 g/mol. The molecule has 0 aromatic rings. The maximum absolute atomic E-state index is 12.9. The van der Waals surface area contributed by atoms with Gasteiger partial charge in [0, 0.05) is 39.1 Å². The average molecular weight is 1220 g/mol. The minimum Gasteiger partial charge on any atom is -0.393 e. The van der Waals surface area contributed by atoms with E-state index in [-0.39, 0.29) is 76.8 Å². The minimum atomic E-state index is -4.72. The smallest absolute Gasteiger partial charge is 0.393 e. The largest absolute Gasteiger partial charge is 0.472 e. The van der Waals surface area contributed by atoms with Crippen LogP contribution in [-0.4, -0.2) is 140 Å².